The summed E-state index contributed by atoms with van der Waals surface area (Å²) in [6.45, 7) is 4.00. The molecule has 184 valence electrons. The second-order valence-electron chi connectivity index (χ2n) is 8.65. The van der Waals surface area contributed by atoms with Crippen LogP contribution in [0.2, 0.25) is 0 Å². The fraction of sp³-hybridized carbons (Fsp3) is 0.400. The zero-order chi connectivity index (χ0) is 24.9. The average Bonchev–Trinajstić information content (AvgIpc) is 3.17. The van der Waals surface area contributed by atoms with Gasteiger partial charge in [0.15, 0.2) is 11.6 Å². The molecule has 2 aromatic carbocycles. The fourth-order valence-electron chi connectivity index (χ4n) is 4.63. The van der Waals surface area contributed by atoms with Crippen LogP contribution in [-0.2, 0) is 4.74 Å². The van der Waals surface area contributed by atoms with E-state index in [4.69, 9.17) is 4.74 Å². The van der Waals surface area contributed by atoms with E-state index < -0.39 is 35.9 Å². The predicted octanol–water partition coefficient (Wildman–Crippen LogP) is 3.69. The summed E-state index contributed by atoms with van der Waals surface area (Å²) in [5, 5.41) is 15.4. The van der Waals surface area contributed by atoms with E-state index in [2.05, 4.69) is 21.6 Å². The van der Waals surface area contributed by atoms with Crippen LogP contribution in [-0.4, -0.2) is 55.3 Å². The standard InChI is InChI=1S/C25H27F2N5O3/c1-16-23(17-6-7-20(26)21(27)14-17)32(25(34)35-16)24(33)30-11-10-29-19-8-12-31(13-9-19)22-5-3-2-4-18(22)15-28/h2-7,14,16,19,23,29H,8-13H2,1H3,(H,30,33)/t16-,23-/m1/s1. The number of rotatable bonds is 6. The van der Waals surface area contributed by atoms with Crippen molar-refractivity contribution in [3.63, 3.8) is 0 Å². The number of ether oxygens (including phenoxy) is 1. The van der Waals surface area contributed by atoms with Crippen LogP contribution in [0.4, 0.5) is 24.1 Å². The van der Waals surface area contributed by atoms with Gasteiger partial charge in [0.2, 0.25) is 0 Å². The quantitative estimate of drug-likeness (QED) is 0.609. The van der Waals surface area contributed by atoms with Gasteiger partial charge in [-0.05, 0) is 49.6 Å². The minimum atomic E-state index is -1.05. The van der Waals surface area contributed by atoms with Gasteiger partial charge in [-0.15, -0.1) is 0 Å². The molecule has 0 aromatic heterocycles. The van der Waals surface area contributed by atoms with E-state index in [9.17, 15) is 23.6 Å². The van der Waals surface area contributed by atoms with Gasteiger partial charge in [-0.25, -0.2) is 23.3 Å². The number of anilines is 1. The van der Waals surface area contributed by atoms with E-state index in [0.717, 1.165) is 48.7 Å². The number of urea groups is 1. The number of hydrogen-bond donors (Lipinski definition) is 2. The van der Waals surface area contributed by atoms with E-state index in [1.54, 1.807) is 6.92 Å². The highest BCUT2D eigenvalue weighted by atomic mass is 19.2. The summed E-state index contributed by atoms with van der Waals surface area (Å²) in [6, 6.07) is 11.8. The van der Waals surface area contributed by atoms with Gasteiger partial charge in [-0.2, -0.15) is 5.26 Å². The Hall–Kier alpha value is -3.71. The maximum Gasteiger partial charge on any atom is 0.419 e. The summed E-state index contributed by atoms with van der Waals surface area (Å²) < 4.78 is 32.2. The number of cyclic esters (lactones) is 1. The number of halogens is 2. The van der Waals surface area contributed by atoms with Crippen molar-refractivity contribution >= 4 is 17.8 Å². The van der Waals surface area contributed by atoms with Crippen LogP contribution < -0.4 is 15.5 Å². The third-order valence-electron chi connectivity index (χ3n) is 6.40. The maximum absolute atomic E-state index is 13.7. The molecule has 2 heterocycles. The van der Waals surface area contributed by atoms with E-state index >= 15 is 0 Å². The molecule has 0 unspecified atom stereocenters. The van der Waals surface area contributed by atoms with Crippen LogP contribution in [0, 0.1) is 23.0 Å². The van der Waals surface area contributed by atoms with Gasteiger partial charge in [0.05, 0.1) is 11.3 Å². The van der Waals surface area contributed by atoms with Crippen molar-refractivity contribution in [3.05, 3.63) is 65.2 Å². The number of piperidine rings is 1. The molecule has 2 saturated heterocycles. The van der Waals surface area contributed by atoms with Crippen molar-refractivity contribution in [2.75, 3.05) is 31.1 Å². The lowest BCUT2D eigenvalue weighted by molar-refractivity contribution is 0.138. The molecule has 0 spiro atoms. The first-order chi connectivity index (χ1) is 16.9. The third kappa shape index (κ3) is 5.35. The van der Waals surface area contributed by atoms with Crippen LogP contribution >= 0.6 is 0 Å². The van der Waals surface area contributed by atoms with Gasteiger partial charge in [0.1, 0.15) is 18.2 Å². The van der Waals surface area contributed by atoms with Gasteiger partial charge in [-0.3, -0.25) is 0 Å². The van der Waals surface area contributed by atoms with Gasteiger partial charge >= 0.3 is 12.1 Å². The van der Waals surface area contributed by atoms with E-state index in [-0.39, 0.29) is 18.2 Å². The summed E-state index contributed by atoms with van der Waals surface area (Å²) >= 11 is 0. The lowest BCUT2D eigenvalue weighted by Crippen LogP contribution is -2.47. The number of carbonyl (C=O) groups excluding carboxylic acids is 2. The summed E-state index contributed by atoms with van der Waals surface area (Å²) in [4.78, 5) is 28.1. The first kappa shape index (κ1) is 24.4. The number of hydrogen-bond acceptors (Lipinski definition) is 6. The maximum atomic E-state index is 13.7. The number of nitriles is 1. The second kappa shape index (κ2) is 10.7. The lowest BCUT2D eigenvalue weighted by Gasteiger charge is -2.34. The first-order valence-electron chi connectivity index (χ1n) is 11.6. The molecule has 0 radical (unpaired) electrons. The number of nitrogens with zero attached hydrogens (tertiary/aromatic N) is 3. The van der Waals surface area contributed by atoms with E-state index in [0.29, 0.717) is 12.1 Å². The average molecular weight is 484 g/mol. The van der Waals surface area contributed by atoms with Crippen LogP contribution in [0.1, 0.15) is 36.9 Å². The molecular formula is C25H27F2N5O3. The highest BCUT2D eigenvalue weighted by molar-refractivity contribution is 5.93. The van der Waals surface area contributed by atoms with Gasteiger partial charge in [-0.1, -0.05) is 18.2 Å². The van der Waals surface area contributed by atoms with E-state index in [1.807, 2.05) is 24.3 Å². The molecule has 2 fully saturated rings. The van der Waals surface area contributed by atoms with Crippen LogP contribution in [0.15, 0.2) is 42.5 Å². The molecule has 35 heavy (non-hydrogen) atoms. The molecule has 4 rings (SSSR count). The molecule has 2 aromatic rings. The highest BCUT2D eigenvalue weighted by Crippen LogP contribution is 2.33. The normalized spacial score (nSPS) is 20.5. The number of nitrogens with one attached hydrogen (secondary N) is 2. The lowest BCUT2D eigenvalue weighted by atomic mass is 10.0. The van der Waals surface area contributed by atoms with Crippen LogP contribution in [0.3, 0.4) is 0 Å². The molecule has 8 nitrogen and oxygen atoms in total. The molecular weight excluding hydrogens is 456 g/mol. The molecule has 3 amide bonds. The summed E-state index contributed by atoms with van der Waals surface area (Å²) in [5.74, 6) is -2.06. The number of imide groups is 1. The minimum absolute atomic E-state index is 0.268. The highest BCUT2D eigenvalue weighted by Gasteiger charge is 2.44. The van der Waals surface area contributed by atoms with E-state index in [1.165, 1.54) is 6.07 Å². The molecule has 10 heteroatoms. The van der Waals surface area contributed by atoms with Crippen molar-refractivity contribution in [1.29, 1.82) is 5.26 Å². The Morgan fingerprint density at radius 2 is 1.89 bits per heavy atom. The molecule has 0 saturated carbocycles. The SMILES string of the molecule is C[C@H]1OC(=O)N(C(=O)NCCNC2CCN(c3ccccc3C#N)CC2)[C@H]1c1ccc(F)c(F)c1. The van der Waals surface area contributed by atoms with Crippen molar-refractivity contribution in [3.8, 4) is 6.07 Å². The second-order valence-corrected chi connectivity index (χ2v) is 8.65. The zero-order valence-electron chi connectivity index (χ0n) is 19.3. The van der Waals surface area contributed by atoms with Gasteiger partial charge in [0, 0.05) is 32.2 Å². The van der Waals surface area contributed by atoms with Gasteiger partial charge < -0.3 is 20.3 Å². The Balaban J connectivity index is 1.26. The van der Waals surface area contributed by atoms with Crippen LogP contribution in [0.5, 0.6) is 0 Å². The minimum Gasteiger partial charge on any atom is -0.443 e. The first-order valence-corrected chi connectivity index (χ1v) is 11.6. The fourth-order valence-corrected chi connectivity index (χ4v) is 4.63. The van der Waals surface area contributed by atoms with Gasteiger partial charge in [0.25, 0.3) is 0 Å². The number of para-hydroxylation sites is 1. The summed E-state index contributed by atoms with van der Waals surface area (Å²) in [5.41, 5.74) is 1.89. The summed E-state index contributed by atoms with van der Waals surface area (Å²) in [6.07, 6.45) is 0.249. The molecule has 2 aliphatic rings. The number of benzene rings is 2. The largest absolute Gasteiger partial charge is 0.443 e. The Bertz CT molecular complexity index is 1130. The zero-order valence-corrected chi connectivity index (χ0v) is 19.3. The third-order valence-corrected chi connectivity index (χ3v) is 6.40. The molecule has 0 aliphatic carbocycles. The Morgan fingerprint density at radius 1 is 1.14 bits per heavy atom. The monoisotopic (exact) mass is 483 g/mol. The smallest absolute Gasteiger partial charge is 0.419 e. The summed E-state index contributed by atoms with van der Waals surface area (Å²) in [7, 11) is 0. The van der Waals surface area contributed by atoms with Crippen molar-refractivity contribution < 1.29 is 23.1 Å². The number of amides is 3. The molecule has 2 aliphatic heterocycles. The Kier molecular flexibility index (Phi) is 7.46. The molecule has 2 N–H and O–H groups in total. The van der Waals surface area contributed by atoms with Crippen LogP contribution in [0.25, 0.3) is 0 Å². The molecule has 0 bridgehead atoms. The Labute approximate surface area is 202 Å². The molecule has 2 atom stereocenters. The predicted molar refractivity (Wildman–Crippen MR) is 125 cm³/mol. The Morgan fingerprint density at radius 3 is 2.60 bits per heavy atom. The van der Waals surface area contributed by atoms with Crippen molar-refractivity contribution in [1.82, 2.24) is 15.5 Å². The van der Waals surface area contributed by atoms with Crippen molar-refractivity contribution in [2.45, 2.75) is 38.0 Å². The number of carbonyl (C=O) groups is 2. The topological polar surface area (TPSA) is 97.7 Å². The van der Waals surface area contributed by atoms with Crippen molar-refractivity contribution in [2.24, 2.45) is 0 Å².